The Morgan fingerprint density at radius 3 is 2.64 bits per heavy atom. The van der Waals surface area contributed by atoms with E-state index in [-0.39, 0.29) is 12.1 Å². The predicted molar refractivity (Wildman–Crippen MR) is 90.0 cm³/mol. The predicted octanol–water partition coefficient (Wildman–Crippen LogP) is 4.28. The topological polar surface area (TPSA) is 32.3 Å². The van der Waals surface area contributed by atoms with Crippen molar-refractivity contribution in [2.45, 2.75) is 33.4 Å². The molecule has 22 heavy (non-hydrogen) atoms. The van der Waals surface area contributed by atoms with Gasteiger partial charge >= 0.3 is 0 Å². The van der Waals surface area contributed by atoms with Gasteiger partial charge in [-0.3, -0.25) is 4.79 Å². The van der Waals surface area contributed by atoms with Crippen LogP contribution in [0, 0.1) is 13.8 Å². The van der Waals surface area contributed by atoms with Crippen molar-refractivity contribution in [2.24, 2.45) is 0 Å². The lowest BCUT2D eigenvalue weighted by molar-refractivity contribution is 0.0683. The molecule has 0 bridgehead atoms. The summed E-state index contributed by atoms with van der Waals surface area (Å²) >= 11 is 0. The van der Waals surface area contributed by atoms with Crippen LogP contribution in [0.3, 0.4) is 0 Å². The molecular formula is C19H22N2O. The number of carbonyl (C=O) groups excluding carboxylic acids is 1. The van der Waals surface area contributed by atoms with Crippen LogP contribution in [0.15, 0.2) is 42.5 Å². The van der Waals surface area contributed by atoms with E-state index in [9.17, 15) is 4.79 Å². The van der Waals surface area contributed by atoms with Gasteiger partial charge in [0.2, 0.25) is 0 Å². The van der Waals surface area contributed by atoms with Crippen LogP contribution < -0.4 is 5.32 Å². The molecule has 3 nitrogen and oxygen atoms in total. The van der Waals surface area contributed by atoms with E-state index in [1.807, 2.05) is 29.2 Å². The third kappa shape index (κ3) is 2.47. The molecule has 1 atom stereocenters. The summed E-state index contributed by atoms with van der Waals surface area (Å²) in [6, 6.07) is 14.2. The zero-order chi connectivity index (χ0) is 15.7. The number of para-hydroxylation sites is 1. The Morgan fingerprint density at radius 2 is 1.91 bits per heavy atom. The normalized spacial score (nSPS) is 17.1. The monoisotopic (exact) mass is 294 g/mol. The van der Waals surface area contributed by atoms with Crippen LogP contribution in [-0.2, 0) is 0 Å². The number of hydrogen-bond acceptors (Lipinski definition) is 2. The number of carbonyl (C=O) groups is 1. The van der Waals surface area contributed by atoms with E-state index in [2.05, 4.69) is 44.3 Å². The number of benzene rings is 2. The molecule has 2 aromatic rings. The molecule has 0 saturated carbocycles. The van der Waals surface area contributed by atoms with Crippen LogP contribution in [0.1, 0.15) is 46.6 Å². The van der Waals surface area contributed by atoms with E-state index in [1.54, 1.807) is 0 Å². The fraction of sp³-hybridized carbons (Fsp3) is 0.316. The van der Waals surface area contributed by atoms with E-state index < -0.39 is 0 Å². The van der Waals surface area contributed by atoms with Crippen LogP contribution in [0.4, 0.5) is 5.69 Å². The second-order valence-electron chi connectivity index (χ2n) is 5.95. The van der Waals surface area contributed by atoms with E-state index in [0.29, 0.717) is 0 Å². The van der Waals surface area contributed by atoms with E-state index in [0.717, 1.165) is 24.2 Å². The Morgan fingerprint density at radius 1 is 1.14 bits per heavy atom. The minimum atomic E-state index is -0.0945. The Labute approximate surface area is 132 Å². The van der Waals surface area contributed by atoms with Gasteiger partial charge in [0.1, 0.15) is 6.17 Å². The Bertz CT molecular complexity index is 708. The zero-order valence-electron chi connectivity index (χ0n) is 13.4. The minimum Gasteiger partial charge on any atom is -0.361 e. The highest BCUT2D eigenvalue weighted by Crippen LogP contribution is 2.34. The van der Waals surface area contributed by atoms with Gasteiger partial charge in [0.15, 0.2) is 0 Å². The van der Waals surface area contributed by atoms with Gasteiger partial charge < -0.3 is 10.2 Å². The smallest absolute Gasteiger partial charge is 0.257 e. The molecule has 1 heterocycles. The summed E-state index contributed by atoms with van der Waals surface area (Å²) < 4.78 is 0. The summed E-state index contributed by atoms with van der Waals surface area (Å²) in [5, 5.41) is 3.54. The maximum atomic E-state index is 12.9. The Hall–Kier alpha value is -2.29. The molecule has 2 aromatic carbocycles. The number of amides is 1. The number of hydrogen-bond donors (Lipinski definition) is 1. The van der Waals surface area contributed by atoms with Gasteiger partial charge in [0.05, 0.1) is 5.56 Å². The van der Waals surface area contributed by atoms with Gasteiger partial charge in [-0.25, -0.2) is 0 Å². The van der Waals surface area contributed by atoms with Crippen LogP contribution in [0.2, 0.25) is 0 Å². The molecule has 0 aliphatic carbocycles. The highest BCUT2D eigenvalue weighted by Gasteiger charge is 2.32. The first-order chi connectivity index (χ1) is 10.6. The molecule has 0 saturated heterocycles. The minimum absolute atomic E-state index is 0.0945. The van der Waals surface area contributed by atoms with Crippen molar-refractivity contribution in [3.63, 3.8) is 0 Å². The molecule has 1 aliphatic heterocycles. The summed E-state index contributed by atoms with van der Waals surface area (Å²) in [6.45, 7) is 7.06. The van der Waals surface area contributed by atoms with Crippen molar-refractivity contribution in [3.8, 4) is 0 Å². The van der Waals surface area contributed by atoms with Crippen molar-refractivity contribution in [2.75, 3.05) is 11.9 Å². The number of nitrogens with zero attached hydrogens (tertiary/aromatic N) is 1. The van der Waals surface area contributed by atoms with Gasteiger partial charge in [-0.05, 0) is 43.5 Å². The number of nitrogens with one attached hydrogen (secondary N) is 1. The van der Waals surface area contributed by atoms with Gasteiger partial charge in [-0.15, -0.1) is 0 Å². The molecule has 0 fully saturated rings. The van der Waals surface area contributed by atoms with Crippen LogP contribution >= 0.6 is 0 Å². The highest BCUT2D eigenvalue weighted by atomic mass is 16.2. The molecule has 1 aliphatic rings. The van der Waals surface area contributed by atoms with Crippen molar-refractivity contribution < 1.29 is 4.79 Å². The summed E-state index contributed by atoms with van der Waals surface area (Å²) in [4.78, 5) is 14.8. The Balaban J connectivity index is 2.07. The maximum Gasteiger partial charge on any atom is 0.257 e. The standard InChI is InChI=1S/C19H22N2O/c1-4-11-21-18(15-10-9-13(2)12-14(15)3)20-17-8-6-5-7-16(17)19(21)22/h5-10,12,18,20H,4,11H2,1-3H3/t18-/m1/s1. The molecule has 3 heteroatoms. The fourth-order valence-corrected chi connectivity index (χ4v) is 3.14. The first-order valence-electron chi connectivity index (χ1n) is 7.85. The lowest BCUT2D eigenvalue weighted by atomic mass is 9.98. The van der Waals surface area contributed by atoms with E-state index >= 15 is 0 Å². The van der Waals surface area contributed by atoms with Crippen molar-refractivity contribution in [1.29, 1.82) is 0 Å². The van der Waals surface area contributed by atoms with Gasteiger partial charge in [0.25, 0.3) is 5.91 Å². The molecule has 1 amide bonds. The SMILES string of the molecule is CCCN1C(=O)c2ccccc2N[C@H]1c1ccc(C)cc1C. The largest absolute Gasteiger partial charge is 0.361 e. The quantitative estimate of drug-likeness (QED) is 0.916. The molecule has 3 rings (SSSR count). The average Bonchev–Trinajstić information content (AvgIpc) is 2.50. The number of aryl methyl sites for hydroxylation is 2. The summed E-state index contributed by atoms with van der Waals surface area (Å²) in [6.07, 6.45) is 0.847. The molecule has 0 aromatic heterocycles. The third-order valence-electron chi connectivity index (χ3n) is 4.21. The van der Waals surface area contributed by atoms with Gasteiger partial charge in [-0.2, -0.15) is 0 Å². The number of anilines is 1. The average molecular weight is 294 g/mol. The molecule has 0 unspecified atom stereocenters. The number of rotatable bonds is 3. The lowest BCUT2D eigenvalue weighted by Gasteiger charge is -2.38. The van der Waals surface area contributed by atoms with Crippen LogP contribution in [0.5, 0.6) is 0 Å². The van der Waals surface area contributed by atoms with Gasteiger partial charge in [-0.1, -0.05) is 42.8 Å². The maximum absolute atomic E-state index is 12.9. The summed E-state index contributed by atoms with van der Waals surface area (Å²) in [5.74, 6) is 0.112. The number of fused-ring (bicyclic) bond motifs is 1. The molecular weight excluding hydrogens is 272 g/mol. The fourth-order valence-electron chi connectivity index (χ4n) is 3.14. The molecule has 1 N–H and O–H groups in total. The molecule has 0 spiro atoms. The molecule has 0 radical (unpaired) electrons. The zero-order valence-corrected chi connectivity index (χ0v) is 13.4. The van der Waals surface area contributed by atoms with E-state index in [1.165, 1.54) is 16.7 Å². The van der Waals surface area contributed by atoms with Gasteiger partial charge in [0, 0.05) is 12.2 Å². The van der Waals surface area contributed by atoms with Crippen molar-refractivity contribution in [3.05, 3.63) is 64.7 Å². The van der Waals surface area contributed by atoms with Crippen molar-refractivity contribution in [1.82, 2.24) is 4.90 Å². The second kappa shape index (κ2) is 5.84. The first-order valence-corrected chi connectivity index (χ1v) is 7.85. The summed E-state index contributed by atoms with van der Waals surface area (Å²) in [5.41, 5.74) is 5.31. The van der Waals surface area contributed by atoms with Crippen LogP contribution in [0.25, 0.3) is 0 Å². The van der Waals surface area contributed by atoms with Crippen molar-refractivity contribution >= 4 is 11.6 Å². The summed E-state index contributed by atoms with van der Waals surface area (Å²) in [7, 11) is 0. The lowest BCUT2D eigenvalue weighted by Crippen LogP contribution is -2.43. The first kappa shape index (κ1) is 14.6. The molecule has 114 valence electrons. The van der Waals surface area contributed by atoms with E-state index in [4.69, 9.17) is 0 Å². The van der Waals surface area contributed by atoms with Crippen LogP contribution in [-0.4, -0.2) is 17.4 Å². The third-order valence-corrected chi connectivity index (χ3v) is 4.21. The second-order valence-corrected chi connectivity index (χ2v) is 5.95. The Kier molecular flexibility index (Phi) is 3.88. The highest BCUT2D eigenvalue weighted by molar-refractivity contribution is 6.01.